The van der Waals surface area contributed by atoms with Crippen molar-refractivity contribution in [3.8, 4) is 0 Å². The number of alkyl halides is 3. The predicted molar refractivity (Wildman–Crippen MR) is 151 cm³/mol. The molecule has 9 heteroatoms. The van der Waals surface area contributed by atoms with E-state index in [4.69, 9.17) is 0 Å². The van der Waals surface area contributed by atoms with Crippen LogP contribution in [0, 0.1) is 19.7 Å². The second-order valence-electron chi connectivity index (χ2n) is 9.80. The first-order valence-electron chi connectivity index (χ1n) is 12.7. The standard InChI is InChI=1S/C32H25F4N3O2/c1-19-6-7-22(14-20(19)2)30(40)38-27-12-13-28-23(16-27)17-29(39(28)18-21-4-3-5-25(33)15-21)31(41)37-26-10-8-24(9-11-26)32(34,35)36/h3-17H,18H2,1-2H3,(H,37,41)(H,38,40). The molecule has 2 amide bonds. The molecule has 0 atom stereocenters. The zero-order valence-electron chi connectivity index (χ0n) is 22.1. The molecule has 4 aromatic carbocycles. The van der Waals surface area contributed by atoms with E-state index in [1.165, 1.54) is 24.3 Å². The van der Waals surface area contributed by atoms with Crippen molar-refractivity contribution in [3.05, 3.63) is 130 Å². The van der Waals surface area contributed by atoms with Crippen molar-refractivity contribution in [1.82, 2.24) is 4.57 Å². The third kappa shape index (κ3) is 6.14. The summed E-state index contributed by atoms with van der Waals surface area (Å²) in [5, 5.41) is 6.16. The predicted octanol–water partition coefficient (Wildman–Crippen LogP) is 7.97. The first-order chi connectivity index (χ1) is 19.5. The van der Waals surface area contributed by atoms with Gasteiger partial charge in [-0.25, -0.2) is 4.39 Å². The molecule has 0 aliphatic heterocycles. The van der Waals surface area contributed by atoms with Crippen LogP contribution in [0.4, 0.5) is 28.9 Å². The smallest absolute Gasteiger partial charge is 0.332 e. The van der Waals surface area contributed by atoms with E-state index in [1.807, 2.05) is 26.0 Å². The van der Waals surface area contributed by atoms with Crippen LogP contribution in [0.3, 0.4) is 0 Å². The molecule has 5 rings (SSSR count). The number of nitrogens with zero attached hydrogens (tertiary/aromatic N) is 1. The number of rotatable bonds is 6. The number of halogens is 4. The molecule has 5 aromatic rings. The highest BCUT2D eigenvalue weighted by Crippen LogP contribution is 2.30. The Balaban J connectivity index is 1.48. The van der Waals surface area contributed by atoms with Gasteiger partial charge in [-0.2, -0.15) is 13.2 Å². The summed E-state index contributed by atoms with van der Waals surface area (Å²) >= 11 is 0. The minimum absolute atomic E-state index is 0.158. The van der Waals surface area contributed by atoms with Gasteiger partial charge in [0.25, 0.3) is 11.8 Å². The summed E-state index contributed by atoms with van der Waals surface area (Å²) in [5.41, 5.74) is 3.91. The average molecular weight is 560 g/mol. The Morgan fingerprint density at radius 2 is 1.46 bits per heavy atom. The molecule has 208 valence electrons. The molecule has 0 saturated carbocycles. The Morgan fingerprint density at radius 1 is 0.756 bits per heavy atom. The molecule has 1 aromatic heterocycles. The first kappa shape index (κ1) is 27.6. The number of hydrogen-bond donors (Lipinski definition) is 2. The van der Waals surface area contributed by atoms with Gasteiger partial charge in [0.05, 0.1) is 5.56 Å². The number of anilines is 2. The second-order valence-corrected chi connectivity index (χ2v) is 9.80. The number of aromatic nitrogens is 1. The number of amides is 2. The number of aryl methyl sites for hydroxylation is 2. The van der Waals surface area contributed by atoms with Crippen LogP contribution >= 0.6 is 0 Å². The van der Waals surface area contributed by atoms with Crippen molar-refractivity contribution in [1.29, 1.82) is 0 Å². The van der Waals surface area contributed by atoms with Crippen molar-refractivity contribution in [2.45, 2.75) is 26.6 Å². The van der Waals surface area contributed by atoms with Crippen LogP contribution in [0.5, 0.6) is 0 Å². The zero-order valence-corrected chi connectivity index (χ0v) is 22.1. The van der Waals surface area contributed by atoms with Gasteiger partial charge in [0.15, 0.2) is 0 Å². The number of benzene rings is 4. The zero-order chi connectivity index (χ0) is 29.3. The Morgan fingerprint density at radius 3 is 2.15 bits per heavy atom. The van der Waals surface area contributed by atoms with Crippen LogP contribution < -0.4 is 10.6 Å². The Hall–Kier alpha value is -4.92. The van der Waals surface area contributed by atoms with E-state index >= 15 is 0 Å². The molecular weight excluding hydrogens is 534 g/mol. The molecule has 0 fully saturated rings. The number of carbonyl (C=O) groups is 2. The van der Waals surface area contributed by atoms with Crippen LogP contribution in [0.25, 0.3) is 10.9 Å². The number of hydrogen-bond acceptors (Lipinski definition) is 2. The molecule has 0 unspecified atom stereocenters. The SMILES string of the molecule is Cc1ccc(C(=O)Nc2ccc3c(c2)cc(C(=O)Nc2ccc(C(F)(F)F)cc2)n3Cc2cccc(F)c2)cc1C. The molecule has 0 aliphatic carbocycles. The van der Waals surface area contributed by atoms with Crippen LogP contribution in [-0.2, 0) is 12.7 Å². The lowest BCUT2D eigenvalue weighted by Crippen LogP contribution is -2.17. The van der Waals surface area contributed by atoms with Crippen LogP contribution in [0.15, 0.2) is 91.0 Å². The van der Waals surface area contributed by atoms with E-state index < -0.39 is 23.5 Å². The van der Waals surface area contributed by atoms with E-state index in [9.17, 15) is 27.2 Å². The average Bonchev–Trinajstić information content (AvgIpc) is 3.27. The lowest BCUT2D eigenvalue weighted by atomic mass is 10.1. The van der Waals surface area contributed by atoms with E-state index in [0.29, 0.717) is 27.7 Å². The molecular formula is C32H25F4N3O2. The molecule has 1 heterocycles. The van der Waals surface area contributed by atoms with Gasteiger partial charge in [-0.15, -0.1) is 0 Å². The van der Waals surface area contributed by atoms with Crippen molar-refractivity contribution in [2.75, 3.05) is 10.6 Å². The van der Waals surface area contributed by atoms with Gasteiger partial charge in [0, 0.05) is 34.4 Å². The molecule has 2 N–H and O–H groups in total. The minimum Gasteiger partial charge on any atom is -0.332 e. The van der Waals surface area contributed by atoms with Gasteiger partial charge in [-0.05, 0) is 103 Å². The van der Waals surface area contributed by atoms with Crippen molar-refractivity contribution < 1.29 is 27.2 Å². The second kappa shape index (κ2) is 10.9. The van der Waals surface area contributed by atoms with E-state index in [1.54, 1.807) is 47.0 Å². The third-order valence-electron chi connectivity index (χ3n) is 6.86. The lowest BCUT2D eigenvalue weighted by molar-refractivity contribution is -0.137. The normalized spacial score (nSPS) is 11.5. The molecule has 0 aliphatic rings. The van der Waals surface area contributed by atoms with Gasteiger partial charge < -0.3 is 15.2 Å². The molecule has 0 bridgehead atoms. The maximum Gasteiger partial charge on any atom is 0.416 e. The summed E-state index contributed by atoms with van der Waals surface area (Å²) in [6.07, 6.45) is -4.49. The van der Waals surface area contributed by atoms with Gasteiger partial charge in [0.1, 0.15) is 11.5 Å². The Labute approximate surface area is 233 Å². The summed E-state index contributed by atoms with van der Waals surface area (Å²) in [7, 11) is 0. The highest BCUT2D eigenvalue weighted by atomic mass is 19.4. The van der Waals surface area contributed by atoms with Crippen LogP contribution in [-0.4, -0.2) is 16.4 Å². The van der Waals surface area contributed by atoms with Gasteiger partial charge in [-0.1, -0.05) is 18.2 Å². The highest BCUT2D eigenvalue weighted by molar-refractivity contribution is 6.08. The monoisotopic (exact) mass is 559 g/mol. The fourth-order valence-corrected chi connectivity index (χ4v) is 4.55. The van der Waals surface area contributed by atoms with Gasteiger partial charge in [-0.3, -0.25) is 9.59 Å². The van der Waals surface area contributed by atoms with Crippen molar-refractivity contribution in [2.24, 2.45) is 0 Å². The Kier molecular flexibility index (Phi) is 7.36. The van der Waals surface area contributed by atoms with Crippen LogP contribution in [0.2, 0.25) is 0 Å². The summed E-state index contributed by atoms with van der Waals surface area (Å²) in [6, 6.07) is 22.4. The lowest BCUT2D eigenvalue weighted by Gasteiger charge is -2.13. The topological polar surface area (TPSA) is 63.1 Å². The summed E-state index contributed by atoms with van der Waals surface area (Å²) in [5.74, 6) is -1.27. The van der Waals surface area contributed by atoms with E-state index in [-0.39, 0.29) is 23.8 Å². The largest absolute Gasteiger partial charge is 0.416 e. The number of nitrogens with one attached hydrogen (secondary N) is 2. The summed E-state index contributed by atoms with van der Waals surface area (Å²) in [4.78, 5) is 26.2. The molecule has 0 saturated heterocycles. The third-order valence-corrected chi connectivity index (χ3v) is 6.86. The number of fused-ring (bicyclic) bond motifs is 1. The first-order valence-corrected chi connectivity index (χ1v) is 12.7. The van der Waals surface area contributed by atoms with Gasteiger partial charge in [0.2, 0.25) is 0 Å². The summed E-state index contributed by atoms with van der Waals surface area (Å²) in [6.45, 7) is 4.05. The molecule has 41 heavy (non-hydrogen) atoms. The van der Waals surface area contributed by atoms with E-state index in [2.05, 4.69) is 10.6 Å². The maximum absolute atomic E-state index is 13.9. The Bertz CT molecular complexity index is 1770. The highest BCUT2D eigenvalue weighted by Gasteiger charge is 2.30. The fraction of sp³-hybridized carbons (Fsp3) is 0.125. The quantitative estimate of drug-likeness (QED) is 0.207. The number of carbonyl (C=O) groups excluding carboxylic acids is 2. The fourth-order valence-electron chi connectivity index (χ4n) is 4.55. The molecule has 5 nitrogen and oxygen atoms in total. The molecule has 0 radical (unpaired) electrons. The van der Waals surface area contributed by atoms with E-state index in [0.717, 1.165) is 23.3 Å². The minimum atomic E-state index is -4.49. The van der Waals surface area contributed by atoms with Crippen molar-refractivity contribution >= 4 is 34.1 Å². The maximum atomic E-state index is 13.9. The molecule has 0 spiro atoms. The van der Waals surface area contributed by atoms with Gasteiger partial charge >= 0.3 is 6.18 Å². The van der Waals surface area contributed by atoms with Crippen LogP contribution in [0.1, 0.15) is 43.1 Å². The van der Waals surface area contributed by atoms with Crippen molar-refractivity contribution in [3.63, 3.8) is 0 Å². The summed E-state index contributed by atoms with van der Waals surface area (Å²) < 4.78 is 54.5.